The number of anilines is 2. The largest absolute Gasteiger partial charge is 0.481 e. The summed E-state index contributed by atoms with van der Waals surface area (Å²) in [5.41, 5.74) is -2.29. The Kier molecular flexibility index (Phi) is 6.52. The van der Waals surface area contributed by atoms with Gasteiger partial charge in [0.2, 0.25) is 5.95 Å². The average molecular weight is 435 g/mol. The molecule has 0 aliphatic heterocycles. The molecule has 4 N–H and O–H groups in total. The van der Waals surface area contributed by atoms with Crippen molar-refractivity contribution in [3.8, 4) is 0 Å². The first-order valence-corrected chi connectivity index (χ1v) is 9.28. The predicted molar refractivity (Wildman–Crippen MR) is 111 cm³/mol. The molecule has 2 amide bonds. The smallest absolute Gasteiger partial charge is 0.414 e. The lowest BCUT2D eigenvalue weighted by atomic mass is 10.1. The van der Waals surface area contributed by atoms with Crippen LogP contribution in [-0.4, -0.2) is 49.4 Å². The van der Waals surface area contributed by atoms with Crippen LogP contribution in [0.2, 0.25) is 0 Å². The van der Waals surface area contributed by atoms with Crippen LogP contribution in [0.25, 0.3) is 10.9 Å². The summed E-state index contributed by atoms with van der Waals surface area (Å²) >= 11 is 0. The molecule has 168 valence electrons. The highest BCUT2D eigenvalue weighted by Gasteiger charge is 2.22. The van der Waals surface area contributed by atoms with E-state index < -0.39 is 41.3 Å². The van der Waals surface area contributed by atoms with Gasteiger partial charge < -0.3 is 14.6 Å². The van der Waals surface area contributed by atoms with E-state index in [4.69, 9.17) is 14.6 Å². The molecule has 0 radical (unpaired) electrons. The fraction of sp³-hybridized carbons (Fsp3) is 0.474. The van der Waals surface area contributed by atoms with E-state index in [1.165, 1.54) is 6.20 Å². The topological polar surface area (TPSA) is 173 Å². The number of rotatable bonds is 4. The molecule has 0 aromatic carbocycles. The minimum Gasteiger partial charge on any atom is -0.481 e. The Balaban J connectivity index is 2.52. The van der Waals surface area contributed by atoms with E-state index in [0.717, 1.165) is 0 Å². The zero-order valence-electron chi connectivity index (χ0n) is 18.1. The highest BCUT2D eigenvalue weighted by Crippen LogP contribution is 2.22. The van der Waals surface area contributed by atoms with Gasteiger partial charge in [0.15, 0.2) is 0 Å². The number of aliphatic carboxylic acids is 1. The van der Waals surface area contributed by atoms with Crippen LogP contribution in [0.1, 0.15) is 47.1 Å². The van der Waals surface area contributed by atoms with Crippen LogP contribution in [0.3, 0.4) is 0 Å². The number of carbonyl (C=O) groups is 3. The Hall–Kier alpha value is -3.70. The standard InChI is InChI=1S/C19H25N5O7/c1-18(2,3)30-16(28)22-13-11-12(9(8-20-13)7-10(25)26)21-15(23-14(11)27)24-17(29)31-19(4,5)6/h8H,7H2,1-6H3,(H,25,26)(H,20,22,28)(H2,21,23,24,27,29). The second-order valence-corrected chi connectivity index (χ2v) is 8.59. The first kappa shape index (κ1) is 23.6. The summed E-state index contributed by atoms with van der Waals surface area (Å²) in [5.74, 6) is -1.61. The number of hydrogen-bond donors (Lipinski definition) is 4. The fourth-order valence-electron chi connectivity index (χ4n) is 2.44. The van der Waals surface area contributed by atoms with E-state index in [2.05, 4.69) is 25.6 Å². The molecule has 0 saturated heterocycles. The van der Waals surface area contributed by atoms with Gasteiger partial charge in [0.05, 0.1) is 11.9 Å². The molecule has 0 saturated carbocycles. The quantitative estimate of drug-likeness (QED) is 0.563. The number of nitrogens with zero attached hydrogens (tertiary/aromatic N) is 2. The fourth-order valence-corrected chi connectivity index (χ4v) is 2.44. The molecule has 2 heterocycles. The number of carbonyl (C=O) groups excluding carboxylic acids is 2. The number of pyridine rings is 1. The number of H-pyrrole nitrogens is 1. The molecule has 0 spiro atoms. The molecule has 2 aromatic heterocycles. The molecule has 0 fully saturated rings. The van der Waals surface area contributed by atoms with E-state index in [9.17, 15) is 19.2 Å². The van der Waals surface area contributed by atoms with E-state index in [1.807, 2.05) is 0 Å². The van der Waals surface area contributed by atoms with Crippen LogP contribution in [0.4, 0.5) is 21.4 Å². The lowest BCUT2D eigenvalue weighted by molar-refractivity contribution is -0.136. The highest BCUT2D eigenvalue weighted by molar-refractivity contribution is 5.99. The maximum atomic E-state index is 12.7. The van der Waals surface area contributed by atoms with Crippen LogP contribution in [-0.2, 0) is 20.7 Å². The third-order valence-electron chi connectivity index (χ3n) is 3.39. The Morgan fingerprint density at radius 3 is 2.10 bits per heavy atom. The van der Waals surface area contributed by atoms with Gasteiger partial charge in [-0.2, -0.15) is 0 Å². The molecule has 0 aliphatic rings. The number of nitrogens with one attached hydrogen (secondary N) is 3. The van der Waals surface area contributed by atoms with Gasteiger partial charge in [0.25, 0.3) is 5.56 Å². The van der Waals surface area contributed by atoms with Crippen molar-refractivity contribution in [3.63, 3.8) is 0 Å². The minimum atomic E-state index is -1.18. The van der Waals surface area contributed by atoms with E-state index in [1.54, 1.807) is 41.5 Å². The van der Waals surface area contributed by atoms with Crippen molar-refractivity contribution in [1.29, 1.82) is 0 Å². The van der Waals surface area contributed by atoms with Crippen LogP contribution >= 0.6 is 0 Å². The normalized spacial score (nSPS) is 11.7. The van der Waals surface area contributed by atoms with Crippen molar-refractivity contribution in [2.75, 3.05) is 10.6 Å². The molecule has 0 atom stereocenters. The number of fused-ring (bicyclic) bond motifs is 1. The predicted octanol–water partition coefficient (Wildman–Crippen LogP) is 2.64. The van der Waals surface area contributed by atoms with Crippen LogP contribution in [0, 0.1) is 0 Å². The number of aromatic amines is 1. The molecule has 31 heavy (non-hydrogen) atoms. The van der Waals surface area contributed by atoms with Crippen LogP contribution in [0.15, 0.2) is 11.0 Å². The minimum absolute atomic E-state index is 0.0572. The summed E-state index contributed by atoms with van der Waals surface area (Å²) in [6.07, 6.45) is -1.04. The highest BCUT2D eigenvalue weighted by atomic mass is 16.6. The maximum absolute atomic E-state index is 12.7. The lowest BCUT2D eigenvalue weighted by Crippen LogP contribution is -2.29. The first-order valence-electron chi connectivity index (χ1n) is 9.28. The first-order chi connectivity index (χ1) is 14.1. The second kappa shape index (κ2) is 8.58. The van der Waals surface area contributed by atoms with E-state index in [0.29, 0.717) is 0 Å². The number of carboxylic acid groups (broad SMARTS) is 1. The summed E-state index contributed by atoms with van der Waals surface area (Å²) < 4.78 is 10.3. The van der Waals surface area contributed by atoms with Gasteiger partial charge in [-0.05, 0) is 41.5 Å². The van der Waals surface area contributed by atoms with Crippen LogP contribution in [0.5, 0.6) is 0 Å². The van der Waals surface area contributed by atoms with Gasteiger partial charge in [-0.15, -0.1) is 0 Å². The third kappa shape index (κ3) is 6.94. The summed E-state index contributed by atoms with van der Waals surface area (Å²) in [7, 11) is 0. The van der Waals surface area contributed by atoms with Crippen molar-refractivity contribution in [2.45, 2.75) is 59.2 Å². The van der Waals surface area contributed by atoms with Crippen LogP contribution < -0.4 is 16.2 Å². The molecule has 0 unspecified atom stereocenters. The number of aromatic nitrogens is 3. The van der Waals surface area contributed by atoms with Crippen molar-refractivity contribution >= 4 is 40.8 Å². The second-order valence-electron chi connectivity index (χ2n) is 8.59. The average Bonchev–Trinajstić information content (AvgIpc) is 2.52. The van der Waals surface area contributed by atoms with Gasteiger partial charge in [-0.3, -0.25) is 25.2 Å². The molecule has 2 aromatic rings. The monoisotopic (exact) mass is 435 g/mol. The van der Waals surface area contributed by atoms with E-state index in [-0.39, 0.29) is 28.2 Å². The van der Waals surface area contributed by atoms with Gasteiger partial charge >= 0.3 is 18.2 Å². The molecule has 0 aliphatic carbocycles. The van der Waals surface area contributed by atoms with Gasteiger partial charge in [-0.1, -0.05) is 0 Å². The number of hydrogen-bond acceptors (Lipinski definition) is 8. The Bertz CT molecular complexity index is 1080. The van der Waals surface area contributed by atoms with Crippen molar-refractivity contribution in [2.24, 2.45) is 0 Å². The van der Waals surface area contributed by atoms with Gasteiger partial charge in [0, 0.05) is 11.8 Å². The van der Waals surface area contributed by atoms with Gasteiger partial charge in [0.1, 0.15) is 22.4 Å². The zero-order chi connectivity index (χ0) is 23.6. The van der Waals surface area contributed by atoms with Crippen molar-refractivity contribution < 1.29 is 29.0 Å². The summed E-state index contributed by atoms with van der Waals surface area (Å²) in [6, 6.07) is 0. The lowest BCUT2D eigenvalue weighted by Gasteiger charge is -2.20. The number of carboxylic acids is 1. The number of ether oxygens (including phenoxy) is 2. The van der Waals surface area contributed by atoms with Crippen molar-refractivity contribution in [3.05, 3.63) is 22.1 Å². The molecular formula is C19H25N5O7. The Labute approximate surface area is 177 Å². The van der Waals surface area contributed by atoms with E-state index >= 15 is 0 Å². The number of amides is 2. The Morgan fingerprint density at radius 2 is 1.58 bits per heavy atom. The molecule has 0 bridgehead atoms. The SMILES string of the molecule is CC(C)(C)OC(=O)Nc1nc2c(CC(=O)O)cnc(NC(=O)OC(C)(C)C)c2c(=O)[nH]1. The summed E-state index contributed by atoms with van der Waals surface area (Å²) in [6.45, 7) is 9.97. The van der Waals surface area contributed by atoms with Crippen molar-refractivity contribution in [1.82, 2.24) is 15.0 Å². The molecule has 12 heteroatoms. The Morgan fingerprint density at radius 1 is 1.03 bits per heavy atom. The van der Waals surface area contributed by atoms with Gasteiger partial charge in [-0.25, -0.2) is 19.6 Å². The summed E-state index contributed by atoms with van der Waals surface area (Å²) in [4.78, 5) is 58.5. The molecular weight excluding hydrogens is 410 g/mol. The maximum Gasteiger partial charge on any atom is 0.414 e. The molecule has 12 nitrogen and oxygen atoms in total. The summed E-state index contributed by atoms with van der Waals surface area (Å²) in [5, 5.41) is 13.7. The zero-order valence-corrected chi connectivity index (χ0v) is 18.1. The third-order valence-corrected chi connectivity index (χ3v) is 3.39. The molecule has 2 rings (SSSR count).